The minimum atomic E-state index is 0.810. The maximum absolute atomic E-state index is 4.68. The van der Waals surface area contributed by atoms with Gasteiger partial charge in [-0.2, -0.15) is 0 Å². The Labute approximate surface area is 167 Å². The number of hydrogen-bond acceptors (Lipinski definition) is 5. The van der Waals surface area contributed by atoms with E-state index < -0.39 is 0 Å². The summed E-state index contributed by atoms with van der Waals surface area (Å²) in [4.78, 5) is 14.0. The van der Waals surface area contributed by atoms with Crippen molar-refractivity contribution in [3.8, 4) is 0 Å². The molecule has 28 heavy (non-hydrogen) atoms. The normalized spacial score (nSPS) is 14.2. The highest BCUT2D eigenvalue weighted by atomic mass is 15.3. The van der Waals surface area contributed by atoms with Gasteiger partial charge in [-0.05, 0) is 31.0 Å². The van der Waals surface area contributed by atoms with E-state index in [1.54, 1.807) is 0 Å². The first-order valence-corrected chi connectivity index (χ1v) is 9.96. The van der Waals surface area contributed by atoms with E-state index in [9.17, 15) is 0 Å². The number of anilines is 3. The second kappa shape index (κ2) is 8.74. The number of piperazine rings is 1. The molecule has 1 aliphatic heterocycles. The molecule has 0 aliphatic carbocycles. The van der Waals surface area contributed by atoms with Gasteiger partial charge in [0.05, 0.1) is 0 Å². The fourth-order valence-electron chi connectivity index (χ4n) is 3.62. The molecular weight excluding hydrogens is 346 g/mol. The second-order valence-corrected chi connectivity index (χ2v) is 7.13. The highest BCUT2D eigenvalue weighted by Gasteiger charge is 2.19. The Morgan fingerprint density at radius 1 is 0.821 bits per heavy atom. The van der Waals surface area contributed by atoms with Crippen LogP contribution in [0, 0.1) is 6.92 Å². The lowest BCUT2D eigenvalue weighted by Gasteiger charge is -2.36. The van der Waals surface area contributed by atoms with Gasteiger partial charge < -0.3 is 15.1 Å². The third-order valence-electron chi connectivity index (χ3n) is 5.11. The molecule has 0 radical (unpaired) electrons. The topological polar surface area (TPSA) is 44.3 Å². The van der Waals surface area contributed by atoms with Gasteiger partial charge in [-0.3, -0.25) is 0 Å². The summed E-state index contributed by atoms with van der Waals surface area (Å²) in [5.41, 5.74) is 2.63. The van der Waals surface area contributed by atoms with Crippen LogP contribution in [0.4, 0.5) is 17.3 Å². The third kappa shape index (κ3) is 4.60. The van der Waals surface area contributed by atoms with Crippen molar-refractivity contribution < 1.29 is 0 Å². The smallest absolute Gasteiger partial charge is 0.134 e. The number of hydrogen-bond donors (Lipinski definition) is 1. The van der Waals surface area contributed by atoms with Crippen LogP contribution in [0.25, 0.3) is 0 Å². The number of benzene rings is 2. The molecule has 0 bridgehead atoms. The van der Waals surface area contributed by atoms with Gasteiger partial charge in [-0.1, -0.05) is 48.5 Å². The van der Waals surface area contributed by atoms with Gasteiger partial charge in [0.2, 0.25) is 0 Å². The lowest BCUT2D eigenvalue weighted by molar-refractivity contribution is 0.646. The lowest BCUT2D eigenvalue weighted by Crippen LogP contribution is -2.46. The molecule has 5 nitrogen and oxygen atoms in total. The van der Waals surface area contributed by atoms with Crippen LogP contribution < -0.4 is 15.1 Å². The summed E-state index contributed by atoms with van der Waals surface area (Å²) in [5, 5.41) is 3.46. The zero-order valence-corrected chi connectivity index (χ0v) is 16.4. The van der Waals surface area contributed by atoms with Crippen LogP contribution in [0.1, 0.15) is 11.4 Å². The molecule has 4 rings (SSSR count). The van der Waals surface area contributed by atoms with Crippen LogP contribution in [0.15, 0.2) is 66.7 Å². The Balaban J connectivity index is 1.36. The molecule has 1 saturated heterocycles. The maximum Gasteiger partial charge on any atom is 0.134 e. The number of aromatic nitrogens is 2. The molecule has 5 heteroatoms. The van der Waals surface area contributed by atoms with Crippen molar-refractivity contribution in [3.63, 3.8) is 0 Å². The quantitative estimate of drug-likeness (QED) is 0.713. The van der Waals surface area contributed by atoms with E-state index in [4.69, 9.17) is 0 Å². The fourth-order valence-corrected chi connectivity index (χ4v) is 3.62. The summed E-state index contributed by atoms with van der Waals surface area (Å²) < 4.78 is 0. The minimum Gasteiger partial charge on any atom is -0.370 e. The van der Waals surface area contributed by atoms with E-state index >= 15 is 0 Å². The highest BCUT2D eigenvalue weighted by Crippen LogP contribution is 2.21. The minimum absolute atomic E-state index is 0.810. The Kier molecular flexibility index (Phi) is 5.71. The van der Waals surface area contributed by atoms with Crippen LogP contribution >= 0.6 is 0 Å². The molecule has 1 aliphatic rings. The molecule has 1 fully saturated rings. The SMILES string of the molecule is Cc1nc(NCCc2ccccc2)cc(N2CCN(c3ccccc3)CC2)n1. The van der Waals surface area contributed by atoms with Crippen molar-refractivity contribution in [3.05, 3.63) is 78.1 Å². The van der Waals surface area contributed by atoms with Crippen molar-refractivity contribution in [2.45, 2.75) is 13.3 Å². The first kappa shape index (κ1) is 18.3. The van der Waals surface area contributed by atoms with Gasteiger partial charge in [-0.25, -0.2) is 9.97 Å². The van der Waals surface area contributed by atoms with E-state index in [1.807, 2.05) is 6.92 Å². The molecule has 2 aromatic carbocycles. The van der Waals surface area contributed by atoms with Crippen LogP contribution in [0.3, 0.4) is 0 Å². The van der Waals surface area contributed by atoms with E-state index in [0.717, 1.165) is 56.6 Å². The fraction of sp³-hybridized carbons (Fsp3) is 0.304. The van der Waals surface area contributed by atoms with Crippen LogP contribution in [-0.2, 0) is 6.42 Å². The molecular formula is C23H27N5. The molecule has 0 saturated carbocycles. The highest BCUT2D eigenvalue weighted by molar-refractivity contribution is 5.52. The summed E-state index contributed by atoms with van der Waals surface area (Å²) in [5.74, 6) is 2.73. The average molecular weight is 374 g/mol. The van der Waals surface area contributed by atoms with E-state index in [-0.39, 0.29) is 0 Å². The summed E-state index contributed by atoms with van der Waals surface area (Å²) in [6.07, 6.45) is 0.981. The number of nitrogens with zero attached hydrogens (tertiary/aromatic N) is 4. The Morgan fingerprint density at radius 3 is 2.18 bits per heavy atom. The van der Waals surface area contributed by atoms with Crippen molar-refractivity contribution >= 4 is 17.3 Å². The second-order valence-electron chi connectivity index (χ2n) is 7.13. The van der Waals surface area contributed by atoms with E-state index in [1.165, 1.54) is 11.3 Å². The first-order valence-electron chi connectivity index (χ1n) is 9.96. The largest absolute Gasteiger partial charge is 0.370 e. The molecule has 0 atom stereocenters. The van der Waals surface area contributed by atoms with Gasteiger partial charge in [0.25, 0.3) is 0 Å². The molecule has 1 aromatic heterocycles. The third-order valence-corrected chi connectivity index (χ3v) is 5.11. The van der Waals surface area contributed by atoms with Crippen molar-refractivity contribution in [2.75, 3.05) is 47.8 Å². The Hall–Kier alpha value is -3.08. The molecule has 144 valence electrons. The first-order chi connectivity index (χ1) is 13.8. The van der Waals surface area contributed by atoms with Crippen molar-refractivity contribution in [2.24, 2.45) is 0 Å². The van der Waals surface area contributed by atoms with Gasteiger partial charge in [-0.15, -0.1) is 0 Å². The summed E-state index contributed by atoms with van der Waals surface area (Å²) in [6, 6.07) is 23.2. The van der Waals surface area contributed by atoms with E-state index in [2.05, 4.69) is 91.8 Å². The molecule has 0 amide bonds. The molecule has 0 unspecified atom stereocenters. The number of aryl methyl sites for hydroxylation is 1. The predicted molar refractivity (Wildman–Crippen MR) is 116 cm³/mol. The van der Waals surface area contributed by atoms with Gasteiger partial charge >= 0.3 is 0 Å². The molecule has 1 N–H and O–H groups in total. The zero-order valence-electron chi connectivity index (χ0n) is 16.4. The van der Waals surface area contributed by atoms with E-state index in [0.29, 0.717) is 0 Å². The monoisotopic (exact) mass is 373 g/mol. The summed E-state index contributed by atoms with van der Waals surface area (Å²) >= 11 is 0. The summed E-state index contributed by atoms with van der Waals surface area (Å²) in [7, 11) is 0. The predicted octanol–water partition coefficient (Wildman–Crippen LogP) is 3.77. The van der Waals surface area contributed by atoms with Crippen LogP contribution in [-0.4, -0.2) is 42.7 Å². The molecule has 0 spiro atoms. The Bertz CT molecular complexity index is 874. The zero-order chi connectivity index (χ0) is 19.2. The Morgan fingerprint density at radius 2 is 1.46 bits per heavy atom. The number of rotatable bonds is 6. The van der Waals surface area contributed by atoms with Crippen LogP contribution in [0.5, 0.6) is 0 Å². The van der Waals surface area contributed by atoms with Crippen LogP contribution in [0.2, 0.25) is 0 Å². The van der Waals surface area contributed by atoms with Gasteiger partial charge in [0.1, 0.15) is 17.5 Å². The standard InChI is InChI=1S/C23H27N5/c1-19-25-22(24-13-12-20-8-4-2-5-9-20)18-23(26-19)28-16-14-27(15-17-28)21-10-6-3-7-11-21/h2-11,18H,12-17H2,1H3,(H,24,25,26). The van der Waals surface area contributed by atoms with Gasteiger partial charge in [0, 0.05) is 44.5 Å². The van der Waals surface area contributed by atoms with Crippen molar-refractivity contribution in [1.29, 1.82) is 0 Å². The lowest BCUT2D eigenvalue weighted by atomic mass is 10.1. The maximum atomic E-state index is 4.68. The van der Waals surface area contributed by atoms with Gasteiger partial charge in [0.15, 0.2) is 0 Å². The number of para-hydroxylation sites is 1. The average Bonchev–Trinajstić information content (AvgIpc) is 2.75. The number of nitrogens with one attached hydrogen (secondary N) is 1. The summed E-state index contributed by atoms with van der Waals surface area (Å²) in [6.45, 7) is 6.77. The molecule has 2 heterocycles. The molecule has 3 aromatic rings. The van der Waals surface area contributed by atoms with Crippen molar-refractivity contribution in [1.82, 2.24) is 9.97 Å².